The molecule has 1 saturated heterocycles. The second kappa shape index (κ2) is 8.65. The molecule has 1 aromatic heterocycles. The molecule has 1 atom stereocenters. The Morgan fingerprint density at radius 3 is 2.53 bits per heavy atom. The van der Waals surface area contributed by atoms with Gasteiger partial charge in [0, 0.05) is 17.7 Å². The third-order valence-corrected chi connectivity index (χ3v) is 6.99. The fourth-order valence-corrected chi connectivity index (χ4v) is 5.55. The summed E-state index contributed by atoms with van der Waals surface area (Å²) in [6.45, 7) is 3.82. The van der Waals surface area contributed by atoms with Crippen LogP contribution in [0.25, 0.3) is 16.0 Å². The Labute approximate surface area is 208 Å². The van der Waals surface area contributed by atoms with Gasteiger partial charge < -0.3 is 5.11 Å². The monoisotopic (exact) mass is 503 g/mol. The normalized spacial score (nSPS) is 17.2. The number of aromatic nitrogens is 1. The maximum Gasteiger partial charge on any atom is 0.301 e. The highest BCUT2D eigenvalue weighted by Crippen LogP contribution is 2.45. The van der Waals surface area contributed by atoms with E-state index in [1.165, 1.54) is 47.7 Å². The summed E-state index contributed by atoms with van der Waals surface area (Å²) in [5.74, 6) is -2.95. The molecule has 1 unspecified atom stereocenters. The molecule has 1 N–H and O–H groups in total. The first-order valence-electron chi connectivity index (χ1n) is 10.8. The van der Waals surface area contributed by atoms with Gasteiger partial charge in [-0.1, -0.05) is 29.5 Å². The van der Waals surface area contributed by atoms with Crippen LogP contribution in [0.3, 0.4) is 0 Å². The highest BCUT2D eigenvalue weighted by Gasteiger charge is 2.48. The molecule has 1 amide bonds. The number of nitro benzene ring substituents is 1. The summed E-state index contributed by atoms with van der Waals surface area (Å²) < 4.78 is 14.3. The zero-order chi connectivity index (χ0) is 25.7. The van der Waals surface area contributed by atoms with Gasteiger partial charge in [0.05, 0.1) is 26.8 Å². The van der Waals surface area contributed by atoms with Crippen molar-refractivity contribution in [2.75, 3.05) is 4.90 Å². The number of thiazole rings is 1. The van der Waals surface area contributed by atoms with E-state index in [2.05, 4.69) is 4.98 Å². The van der Waals surface area contributed by atoms with Crippen LogP contribution in [0.15, 0.2) is 66.2 Å². The van der Waals surface area contributed by atoms with Crippen LogP contribution < -0.4 is 4.90 Å². The minimum atomic E-state index is -1.18. The molecule has 10 heteroatoms. The van der Waals surface area contributed by atoms with Crippen LogP contribution in [0.2, 0.25) is 0 Å². The van der Waals surface area contributed by atoms with Crippen LogP contribution in [0, 0.1) is 29.8 Å². The molecular weight excluding hydrogens is 485 g/mol. The number of hydrogen-bond acceptors (Lipinski definition) is 7. The summed E-state index contributed by atoms with van der Waals surface area (Å²) in [6, 6.07) is 13.0. The van der Waals surface area contributed by atoms with Crippen molar-refractivity contribution in [2.45, 2.75) is 19.9 Å². The van der Waals surface area contributed by atoms with Crippen LogP contribution in [-0.4, -0.2) is 26.7 Å². The van der Waals surface area contributed by atoms with Crippen molar-refractivity contribution in [1.29, 1.82) is 0 Å². The maximum atomic E-state index is 13.5. The molecule has 180 valence electrons. The smallest absolute Gasteiger partial charge is 0.301 e. The Morgan fingerprint density at radius 1 is 1.11 bits per heavy atom. The van der Waals surface area contributed by atoms with E-state index in [4.69, 9.17) is 0 Å². The van der Waals surface area contributed by atoms with Crippen molar-refractivity contribution >= 4 is 49.8 Å². The van der Waals surface area contributed by atoms with Crippen molar-refractivity contribution in [3.05, 3.63) is 104 Å². The van der Waals surface area contributed by atoms with Crippen molar-refractivity contribution in [1.82, 2.24) is 4.98 Å². The third-order valence-electron chi connectivity index (χ3n) is 5.98. The number of non-ortho nitro benzene ring substituents is 1. The van der Waals surface area contributed by atoms with Gasteiger partial charge >= 0.3 is 5.91 Å². The summed E-state index contributed by atoms with van der Waals surface area (Å²) in [4.78, 5) is 43.3. The average molecular weight is 504 g/mol. The lowest BCUT2D eigenvalue weighted by Gasteiger charge is -2.22. The van der Waals surface area contributed by atoms with E-state index in [-0.39, 0.29) is 27.5 Å². The van der Waals surface area contributed by atoms with E-state index >= 15 is 0 Å². The number of aliphatic hydroxyl groups is 1. The Hall–Kier alpha value is -4.44. The number of halogens is 1. The van der Waals surface area contributed by atoms with E-state index in [0.29, 0.717) is 5.52 Å². The first kappa shape index (κ1) is 23.3. The highest BCUT2D eigenvalue weighted by atomic mass is 32.1. The molecule has 1 fully saturated rings. The maximum absolute atomic E-state index is 13.5. The predicted octanol–water partition coefficient (Wildman–Crippen LogP) is 5.59. The minimum absolute atomic E-state index is 0.126. The number of Topliss-reactive ketones (excluding diaryl/α,β-unsaturated/α-hetero) is 1. The molecule has 1 aliphatic rings. The van der Waals surface area contributed by atoms with E-state index in [0.717, 1.165) is 32.9 Å². The molecular formula is C26H18FN3O5S. The topological polar surface area (TPSA) is 114 Å². The largest absolute Gasteiger partial charge is 0.507 e. The SMILES string of the molecule is Cc1cc(C)c2nc(N3C(=O)C(=O)/C(=C(/O)c4ccc(F)cc4)C3c3cccc([N+](=O)[O-])c3)sc2c1. The molecule has 4 aromatic rings. The van der Waals surface area contributed by atoms with E-state index < -0.39 is 34.2 Å². The molecule has 36 heavy (non-hydrogen) atoms. The third kappa shape index (κ3) is 3.81. The summed E-state index contributed by atoms with van der Waals surface area (Å²) in [5, 5.41) is 22.8. The molecule has 8 nitrogen and oxygen atoms in total. The number of nitro groups is 1. The Balaban J connectivity index is 1.76. The number of carbonyl (C=O) groups is 2. The molecule has 2 heterocycles. The van der Waals surface area contributed by atoms with Crippen LogP contribution in [0.4, 0.5) is 15.2 Å². The van der Waals surface area contributed by atoms with Gasteiger partial charge in [-0.05, 0) is 60.9 Å². The number of ketones is 1. The van der Waals surface area contributed by atoms with Gasteiger partial charge in [0.15, 0.2) is 5.13 Å². The van der Waals surface area contributed by atoms with Crippen LogP contribution in [0.5, 0.6) is 0 Å². The zero-order valence-electron chi connectivity index (χ0n) is 19.1. The zero-order valence-corrected chi connectivity index (χ0v) is 19.9. The number of benzene rings is 3. The molecule has 0 radical (unpaired) electrons. The summed E-state index contributed by atoms with van der Waals surface area (Å²) in [7, 11) is 0. The summed E-state index contributed by atoms with van der Waals surface area (Å²) in [5.41, 5.74) is 2.43. The van der Waals surface area contributed by atoms with E-state index in [9.17, 15) is 29.2 Å². The van der Waals surface area contributed by atoms with E-state index in [1.54, 1.807) is 0 Å². The van der Waals surface area contributed by atoms with E-state index in [1.807, 2.05) is 26.0 Å². The standard InChI is InChI=1S/C26H18FN3O5S/c1-13-10-14(2)21-19(11-13)36-26(28-21)29-22(16-4-3-5-18(12-16)30(34)35)20(24(32)25(29)33)23(31)15-6-8-17(27)9-7-15/h3-12,22,31H,1-2H3/b23-20+. The minimum Gasteiger partial charge on any atom is -0.507 e. The molecule has 0 saturated carbocycles. The molecule has 0 bridgehead atoms. The van der Waals surface area contributed by atoms with Crippen LogP contribution in [-0.2, 0) is 9.59 Å². The Morgan fingerprint density at radius 2 is 1.83 bits per heavy atom. The Bertz CT molecular complexity index is 1610. The molecule has 5 rings (SSSR count). The molecule has 3 aromatic carbocycles. The number of amides is 1. The lowest BCUT2D eigenvalue weighted by molar-refractivity contribution is -0.384. The van der Waals surface area contributed by atoms with Crippen molar-refractivity contribution < 1.29 is 24.0 Å². The molecule has 1 aliphatic heterocycles. The van der Waals surface area contributed by atoms with Crippen molar-refractivity contribution in [2.24, 2.45) is 0 Å². The Kier molecular flexibility index (Phi) is 5.60. The van der Waals surface area contributed by atoms with Gasteiger partial charge in [-0.2, -0.15) is 0 Å². The average Bonchev–Trinajstić information content (AvgIpc) is 3.38. The van der Waals surface area contributed by atoms with Gasteiger partial charge in [0.1, 0.15) is 11.6 Å². The number of carbonyl (C=O) groups excluding carboxylic acids is 2. The lowest BCUT2D eigenvalue weighted by Crippen LogP contribution is -2.29. The lowest BCUT2D eigenvalue weighted by atomic mass is 9.95. The molecule has 0 aliphatic carbocycles. The fourth-order valence-electron chi connectivity index (χ4n) is 4.38. The number of aryl methyl sites for hydroxylation is 2. The van der Waals surface area contributed by atoms with Gasteiger partial charge in [0.2, 0.25) is 0 Å². The van der Waals surface area contributed by atoms with Crippen molar-refractivity contribution in [3.8, 4) is 0 Å². The van der Waals surface area contributed by atoms with Gasteiger partial charge in [0.25, 0.3) is 11.5 Å². The summed E-state index contributed by atoms with van der Waals surface area (Å²) >= 11 is 1.20. The number of fused-ring (bicyclic) bond motifs is 1. The first-order valence-corrected chi connectivity index (χ1v) is 11.7. The number of nitrogens with zero attached hydrogens (tertiary/aromatic N) is 3. The number of aliphatic hydroxyl groups excluding tert-OH is 1. The van der Waals surface area contributed by atoms with Crippen LogP contribution in [0.1, 0.15) is 28.3 Å². The van der Waals surface area contributed by atoms with Gasteiger partial charge in [-0.25, -0.2) is 9.37 Å². The second-order valence-corrected chi connectivity index (χ2v) is 9.46. The second-order valence-electron chi connectivity index (χ2n) is 8.45. The van der Waals surface area contributed by atoms with Crippen LogP contribution >= 0.6 is 11.3 Å². The summed E-state index contributed by atoms with van der Waals surface area (Å²) in [6.07, 6.45) is 0. The fraction of sp³-hybridized carbons (Fsp3) is 0.115. The number of hydrogen-bond donors (Lipinski definition) is 1. The number of rotatable bonds is 4. The van der Waals surface area contributed by atoms with Gasteiger partial charge in [-0.3, -0.25) is 24.6 Å². The molecule has 0 spiro atoms. The highest BCUT2D eigenvalue weighted by molar-refractivity contribution is 7.22. The first-order chi connectivity index (χ1) is 17.2. The van der Waals surface area contributed by atoms with Gasteiger partial charge in [-0.15, -0.1) is 0 Å². The quantitative estimate of drug-likeness (QED) is 0.128. The van der Waals surface area contributed by atoms with Crippen molar-refractivity contribution in [3.63, 3.8) is 0 Å². The predicted molar refractivity (Wildman–Crippen MR) is 133 cm³/mol. The number of anilines is 1.